The maximum atomic E-state index is 13.5. The molecule has 0 aliphatic heterocycles. The summed E-state index contributed by atoms with van der Waals surface area (Å²) in [7, 11) is -2.32. The van der Waals surface area contributed by atoms with E-state index in [1.54, 1.807) is 30.3 Å². The Hall–Kier alpha value is -4.36. The van der Waals surface area contributed by atoms with Crippen LogP contribution in [0.5, 0.6) is 0 Å². The van der Waals surface area contributed by atoms with Gasteiger partial charge in [-0.3, -0.25) is 4.79 Å². The molecule has 0 radical (unpaired) electrons. The molecule has 0 aromatic heterocycles. The van der Waals surface area contributed by atoms with Crippen molar-refractivity contribution in [2.75, 3.05) is 12.4 Å². The molecule has 0 spiro atoms. The maximum absolute atomic E-state index is 13.5. The van der Waals surface area contributed by atoms with E-state index in [4.69, 9.17) is 4.74 Å². The number of ether oxygens (including phenoxy) is 1. The summed E-state index contributed by atoms with van der Waals surface area (Å²) in [5, 5.41) is 15.9. The summed E-state index contributed by atoms with van der Waals surface area (Å²) in [4.78, 5) is 13.8. The smallest absolute Gasteiger partial charge is 0.235 e. The molecule has 1 atom stereocenters. The number of carbonyl (C=O) groups excluding carboxylic acids is 1. The van der Waals surface area contributed by atoms with Gasteiger partial charge in [0.2, 0.25) is 15.7 Å². The lowest BCUT2D eigenvalue weighted by molar-refractivity contribution is -0.119. The molecule has 0 saturated carbocycles. The molecule has 6 nitrogen and oxygen atoms in total. The quantitative estimate of drug-likeness (QED) is 0.253. The molecule has 4 aromatic rings. The minimum atomic E-state index is -3.78. The van der Waals surface area contributed by atoms with E-state index in [1.807, 2.05) is 69.3 Å². The molecule has 0 saturated heterocycles. The van der Waals surface area contributed by atoms with E-state index in [9.17, 15) is 18.3 Å². The molecule has 7 heteroatoms. The van der Waals surface area contributed by atoms with E-state index in [0.29, 0.717) is 5.69 Å². The van der Waals surface area contributed by atoms with E-state index in [1.165, 1.54) is 19.2 Å². The minimum absolute atomic E-state index is 0.135. The number of anilines is 1. The number of sulfone groups is 1. The first-order valence-electron chi connectivity index (χ1n) is 13.4. The lowest BCUT2D eigenvalue weighted by Crippen LogP contribution is -2.27. The van der Waals surface area contributed by atoms with Gasteiger partial charge in [0.05, 0.1) is 16.9 Å². The molecule has 1 aliphatic rings. The highest BCUT2D eigenvalue weighted by Gasteiger charge is 2.32. The molecular weight excluding hydrogens is 534 g/mol. The fourth-order valence-corrected chi connectivity index (χ4v) is 6.81. The molecule has 210 valence electrons. The first kappa shape index (κ1) is 28.2. The van der Waals surface area contributed by atoms with Crippen LogP contribution < -0.4 is 5.32 Å². The topological polar surface area (TPSA) is 92.7 Å². The van der Waals surface area contributed by atoms with Gasteiger partial charge in [-0.1, -0.05) is 75.4 Å². The number of aliphatic hydroxyl groups is 1. The van der Waals surface area contributed by atoms with Crippen LogP contribution in [0.2, 0.25) is 0 Å². The zero-order valence-electron chi connectivity index (χ0n) is 23.5. The Morgan fingerprint density at radius 2 is 1.56 bits per heavy atom. The Kier molecular flexibility index (Phi) is 7.49. The minimum Gasteiger partial charge on any atom is -0.508 e. The zero-order chi connectivity index (χ0) is 29.4. The van der Waals surface area contributed by atoms with Gasteiger partial charge in [0.25, 0.3) is 0 Å². The molecule has 0 fully saturated rings. The molecule has 1 unspecified atom stereocenters. The van der Waals surface area contributed by atoms with Crippen LogP contribution in [0.3, 0.4) is 0 Å². The van der Waals surface area contributed by atoms with Crippen molar-refractivity contribution >= 4 is 37.8 Å². The molecule has 1 amide bonds. The monoisotopic (exact) mass is 567 g/mol. The van der Waals surface area contributed by atoms with Crippen LogP contribution in [0.15, 0.2) is 118 Å². The maximum Gasteiger partial charge on any atom is 0.235 e. The molecule has 0 bridgehead atoms. The highest BCUT2D eigenvalue weighted by molar-refractivity contribution is 7.91. The van der Waals surface area contributed by atoms with E-state index >= 15 is 0 Å². The largest absolute Gasteiger partial charge is 0.508 e. The third-order valence-corrected chi connectivity index (χ3v) is 9.21. The predicted molar refractivity (Wildman–Crippen MR) is 162 cm³/mol. The Labute approximate surface area is 240 Å². The van der Waals surface area contributed by atoms with E-state index in [0.717, 1.165) is 27.5 Å². The number of methoxy groups -OCH3 is 1. The van der Waals surface area contributed by atoms with E-state index in [2.05, 4.69) is 11.4 Å². The van der Waals surface area contributed by atoms with Crippen molar-refractivity contribution in [1.29, 1.82) is 0 Å². The van der Waals surface area contributed by atoms with Crippen molar-refractivity contribution in [3.8, 4) is 0 Å². The van der Waals surface area contributed by atoms with Gasteiger partial charge in [0.15, 0.2) is 5.76 Å². The molecule has 4 aromatic carbocycles. The Morgan fingerprint density at radius 1 is 0.902 bits per heavy atom. The third-order valence-electron chi connectivity index (χ3n) is 7.39. The van der Waals surface area contributed by atoms with Gasteiger partial charge in [-0.25, -0.2) is 8.42 Å². The van der Waals surface area contributed by atoms with Crippen LogP contribution in [0.25, 0.3) is 16.3 Å². The first-order chi connectivity index (χ1) is 19.5. The Balaban J connectivity index is 1.38. The molecule has 5 rings (SSSR count). The summed E-state index contributed by atoms with van der Waals surface area (Å²) in [5.41, 5.74) is 2.61. The second kappa shape index (κ2) is 10.9. The summed E-state index contributed by atoms with van der Waals surface area (Å²) < 4.78 is 32.4. The fourth-order valence-electron chi connectivity index (χ4n) is 5.14. The van der Waals surface area contributed by atoms with Gasteiger partial charge >= 0.3 is 0 Å². The molecule has 41 heavy (non-hydrogen) atoms. The summed E-state index contributed by atoms with van der Waals surface area (Å²) >= 11 is 0. The first-order valence-corrected chi connectivity index (χ1v) is 14.9. The van der Waals surface area contributed by atoms with Crippen LogP contribution in [-0.4, -0.2) is 26.5 Å². The average Bonchev–Trinajstić information content (AvgIpc) is 2.97. The Bertz CT molecular complexity index is 1800. The number of benzene rings is 4. The lowest BCUT2D eigenvalue weighted by Gasteiger charge is -2.24. The van der Waals surface area contributed by atoms with Crippen molar-refractivity contribution in [3.05, 3.63) is 120 Å². The molecule has 0 heterocycles. The number of amides is 1. The predicted octanol–water partition coefficient (Wildman–Crippen LogP) is 7.43. The van der Waals surface area contributed by atoms with Crippen LogP contribution in [0.1, 0.15) is 38.3 Å². The van der Waals surface area contributed by atoms with E-state index in [-0.39, 0.29) is 33.1 Å². The zero-order valence-corrected chi connectivity index (χ0v) is 24.3. The summed E-state index contributed by atoms with van der Waals surface area (Å²) in [5.74, 6) is -1.21. The number of nitrogens with one attached hydrogen (secondary N) is 1. The third kappa shape index (κ3) is 5.63. The summed E-state index contributed by atoms with van der Waals surface area (Å²) in [6, 6.07) is 27.2. The lowest BCUT2D eigenvalue weighted by atomic mass is 9.86. The van der Waals surface area contributed by atoms with Gasteiger partial charge in [0.1, 0.15) is 11.7 Å². The van der Waals surface area contributed by atoms with Crippen LogP contribution in [0.4, 0.5) is 5.69 Å². The number of fused-ring (bicyclic) bond motifs is 1. The van der Waals surface area contributed by atoms with Gasteiger partial charge < -0.3 is 15.2 Å². The molecule has 1 aliphatic carbocycles. The molecular formula is C34H33NO5S. The SMILES string of the molecule is COC1=C(O)C(C(=O)Nc2ccc(S(=O)(=O)c3ccccc3C(C)(C)C)cc2)CC(c2ccc3ccccc3c2)=C1. The van der Waals surface area contributed by atoms with Gasteiger partial charge in [-0.05, 0) is 81.8 Å². The van der Waals surface area contributed by atoms with Crippen molar-refractivity contribution < 1.29 is 23.1 Å². The second-order valence-electron chi connectivity index (χ2n) is 11.2. The summed E-state index contributed by atoms with van der Waals surface area (Å²) in [6.45, 7) is 5.93. The number of carbonyl (C=O) groups is 1. The van der Waals surface area contributed by atoms with Gasteiger partial charge in [-0.15, -0.1) is 0 Å². The highest BCUT2D eigenvalue weighted by Crippen LogP contribution is 2.36. The van der Waals surface area contributed by atoms with E-state index < -0.39 is 21.7 Å². The number of hydrogen-bond donors (Lipinski definition) is 2. The number of rotatable bonds is 6. The standard InChI is InChI=1S/C34H33NO5S/c1-34(2,3)29-11-7-8-12-31(29)41(38,39)27-17-15-26(16-18-27)35-33(37)28-20-25(21-30(40-4)32(28)36)24-14-13-22-9-5-6-10-23(22)19-24/h5-19,21,28,36H,20H2,1-4H3,(H,35,37). The molecule has 2 N–H and O–H groups in total. The van der Waals surface area contributed by atoms with Crippen LogP contribution in [0, 0.1) is 5.92 Å². The number of aliphatic hydroxyl groups excluding tert-OH is 1. The van der Waals surface area contributed by atoms with Crippen molar-refractivity contribution in [3.63, 3.8) is 0 Å². The normalized spacial score (nSPS) is 15.9. The fraction of sp³-hybridized carbons (Fsp3) is 0.206. The van der Waals surface area contributed by atoms with Crippen molar-refractivity contribution in [1.82, 2.24) is 0 Å². The van der Waals surface area contributed by atoms with Gasteiger partial charge in [-0.2, -0.15) is 0 Å². The summed E-state index contributed by atoms with van der Waals surface area (Å²) in [6.07, 6.45) is 2.04. The number of hydrogen-bond acceptors (Lipinski definition) is 5. The second-order valence-corrected chi connectivity index (χ2v) is 13.1. The average molecular weight is 568 g/mol. The van der Waals surface area contributed by atoms with Crippen molar-refractivity contribution in [2.24, 2.45) is 5.92 Å². The number of allylic oxidation sites excluding steroid dienone is 2. The van der Waals surface area contributed by atoms with Crippen LogP contribution in [-0.2, 0) is 24.8 Å². The van der Waals surface area contributed by atoms with Crippen molar-refractivity contribution in [2.45, 2.75) is 42.4 Å². The Morgan fingerprint density at radius 3 is 2.24 bits per heavy atom. The van der Waals surface area contributed by atoms with Gasteiger partial charge in [0, 0.05) is 5.69 Å². The van der Waals surface area contributed by atoms with Crippen LogP contribution >= 0.6 is 0 Å². The highest BCUT2D eigenvalue weighted by atomic mass is 32.2.